The summed E-state index contributed by atoms with van der Waals surface area (Å²) < 4.78 is 11.3. The minimum atomic E-state index is -0.155. The van der Waals surface area contributed by atoms with Crippen LogP contribution < -0.4 is 10.1 Å². The van der Waals surface area contributed by atoms with Gasteiger partial charge in [0.1, 0.15) is 12.4 Å². The third-order valence-electron chi connectivity index (χ3n) is 4.61. The number of carbonyl (C=O) groups is 1. The molecule has 4 rings (SSSR count). The smallest absolute Gasteiger partial charge is 0.255 e. The molecule has 1 atom stereocenters. The molecule has 1 unspecified atom stereocenters. The van der Waals surface area contributed by atoms with Gasteiger partial charge < -0.3 is 14.8 Å². The van der Waals surface area contributed by atoms with Gasteiger partial charge in [0.25, 0.3) is 5.91 Å². The summed E-state index contributed by atoms with van der Waals surface area (Å²) in [6.45, 7) is 3.35. The summed E-state index contributed by atoms with van der Waals surface area (Å²) in [5.41, 5.74) is 3.23. The van der Waals surface area contributed by atoms with Crippen LogP contribution in [0, 0.1) is 6.92 Å². The lowest BCUT2D eigenvalue weighted by molar-refractivity contribution is 0.0679. The third kappa shape index (κ3) is 4.58. The zero-order chi connectivity index (χ0) is 19.3. The molecule has 1 amide bonds. The third-order valence-corrected chi connectivity index (χ3v) is 5.39. The number of aromatic nitrogens is 1. The number of carbonyl (C=O) groups excluding carboxylic acids is 1. The maximum atomic E-state index is 12.6. The van der Waals surface area contributed by atoms with Crippen LogP contribution in [0.2, 0.25) is 0 Å². The van der Waals surface area contributed by atoms with Gasteiger partial charge in [0.15, 0.2) is 0 Å². The average Bonchev–Trinajstić information content (AvgIpc) is 3.39. The van der Waals surface area contributed by atoms with E-state index in [1.165, 1.54) is 0 Å². The van der Waals surface area contributed by atoms with Crippen LogP contribution in [0.1, 0.15) is 28.2 Å². The summed E-state index contributed by atoms with van der Waals surface area (Å²) in [6, 6.07) is 14.9. The molecule has 0 bridgehead atoms. The zero-order valence-electron chi connectivity index (χ0n) is 15.7. The summed E-state index contributed by atoms with van der Waals surface area (Å²) in [5, 5.41) is 5.99. The van der Waals surface area contributed by atoms with Crippen molar-refractivity contribution in [1.29, 1.82) is 0 Å². The van der Waals surface area contributed by atoms with Crippen molar-refractivity contribution in [3.63, 3.8) is 0 Å². The molecule has 1 aliphatic rings. The molecular formula is C22H22N2O3S. The van der Waals surface area contributed by atoms with Crippen LogP contribution in [0.3, 0.4) is 0 Å². The number of ether oxygens (including phenoxy) is 2. The number of thiazole rings is 1. The van der Waals surface area contributed by atoms with Gasteiger partial charge in [-0.05, 0) is 56.2 Å². The van der Waals surface area contributed by atoms with Crippen molar-refractivity contribution >= 4 is 22.9 Å². The fourth-order valence-electron chi connectivity index (χ4n) is 3.12. The molecule has 1 aromatic heterocycles. The quantitative estimate of drug-likeness (QED) is 0.644. The first-order chi connectivity index (χ1) is 13.7. The number of rotatable bonds is 6. The van der Waals surface area contributed by atoms with Gasteiger partial charge in [-0.1, -0.05) is 12.1 Å². The molecule has 0 aliphatic carbocycles. The van der Waals surface area contributed by atoms with Gasteiger partial charge in [0.05, 0.1) is 16.8 Å². The number of hydrogen-bond acceptors (Lipinski definition) is 5. The van der Waals surface area contributed by atoms with Gasteiger partial charge in [-0.3, -0.25) is 4.79 Å². The SMILES string of the molecule is Cc1nc(-c2cccc(NC(=O)c3ccc(OCC4CCCO4)cc3)c2)cs1. The molecule has 1 aliphatic heterocycles. The van der Waals surface area contributed by atoms with E-state index in [9.17, 15) is 4.79 Å². The highest BCUT2D eigenvalue weighted by molar-refractivity contribution is 7.09. The van der Waals surface area contributed by atoms with Crippen molar-refractivity contribution in [2.24, 2.45) is 0 Å². The molecule has 0 spiro atoms. The van der Waals surface area contributed by atoms with Crippen LogP contribution in [0.5, 0.6) is 5.75 Å². The number of anilines is 1. The number of nitrogens with zero attached hydrogens (tertiary/aromatic N) is 1. The standard InChI is InChI=1S/C22H22N2O3S/c1-15-23-21(14-28-15)17-4-2-5-18(12-17)24-22(25)16-7-9-19(10-8-16)27-13-20-6-3-11-26-20/h2,4-5,7-10,12,14,20H,3,6,11,13H2,1H3,(H,24,25). The lowest BCUT2D eigenvalue weighted by Crippen LogP contribution is -2.16. The summed E-state index contributed by atoms with van der Waals surface area (Å²) in [4.78, 5) is 17.1. The zero-order valence-corrected chi connectivity index (χ0v) is 16.5. The Balaban J connectivity index is 1.38. The van der Waals surface area contributed by atoms with Gasteiger partial charge in [-0.15, -0.1) is 11.3 Å². The molecule has 1 fully saturated rings. The fraction of sp³-hybridized carbons (Fsp3) is 0.273. The first-order valence-corrected chi connectivity index (χ1v) is 10.2. The van der Waals surface area contributed by atoms with E-state index in [1.54, 1.807) is 23.5 Å². The van der Waals surface area contributed by atoms with Gasteiger partial charge in [0.2, 0.25) is 0 Å². The molecular weight excluding hydrogens is 372 g/mol. The fourth-order valence-corrected chi connectivity index (χ4v) is 3.75. The van der Waals surface area contributed by atoms with Crippen LogP contribution in [0.15, 0.2) is 53.9 Å². The minimum absolute atomic E-state index is 0.155. The Hall–Kier alpha value is -2.70. The molecule has 3 aromatic rings. The number of amides is 1. The maximum Gasteiger partial charge on any atom is 0.255 e. The summed E-state index contributed by atoms with van der Waals surface area (Å²) in [5.74, 6) is 0.588. The highest BCUT2D eigenvalue weighted by atomic mass is 32.1. The summed E-state index contributed by atoms with van der Waals surface area (Å²) in [7, 11) is 0. The molecule has 0 radical (unpaired) electrons. The van der Waals surface area contributed by atoms with E-state index in [0.29, 0.717) is 12.2 Å². The van der Waals surface area contributed by atoms with E-state index in [0.717, 1.165) is 47.2 Å². The van der Waals surface area contributed by atoms with E-state index >= 15 is 0 Å². The Bertz CT molecular complexity index is 946. The van der Waals surface area contributed by atoms with Crippen molar-refractivity contribution in [3.05, 3.63) is 64.5 Å². The number of hydrogen-bond donors (Lipinski definition) is 1. The Morgan fingerprint density at radius 3 is 2.86 bits per heavy atom. The normalized spacial score (nSPS) is 16.1. The van der Waals surface area contributed by atoms with E-state index in [-0.39, 0.29) is 12.0 Å². The molecule has 28 heavy (non-hydrogen) atoms. The van der Waals surface area contributed by atoms with E-state index in [1.807, 2.05) is 48.7 Å². The topological polar surface area (TPSA) is 60.5 Å². The second kappa shape index (κ2) is 8.54. The molecule has 0 saturated carbocycles. The van der Waals surface area contributed by atoms with Gasteiger partial charge in [-0.25, -0.2) is 4.98 Å². The summed E-state index contributed by atoms with van der Waals surface area (Å²) >= 11 is 1.61. The molecule has 2 aromatic carbocycles. The van der Waals surface area contributed by atoms with Gasteiger partial charge in [0, 0.05) is 28.8 Å². The second-order valence-corrected chi connectivity index (χ2v) is 7.82. The van der Waals surface area contributed by atoms with E-state index in [2.05, 4.69) is 10.3 Å². The predicted octanol–water partition coefficient (Wildman–Crippen LogP) is 4.93. The van der Waals surface area contributed by atoms with Gasteiger partial charge >= 0.3 is 0 Å². The van der Waals surface area contributed by atoms with Crippen molar-refractivity contribution < 1.29 is 14.3 Å². The Morgan fingerprint density at radius 1 is 1.29 bits per heavy atom. The van der Waals surface area contributed by atoms with E-state index in [4.69, 9.17) is 9.47 Å². The number of nitrogens with one attached hydrogen (secondary N) is 1. The molecule has 5 nitrogen and oxygen atoms in total. The first kappa shape index (κ1) is 18.7. The van der Waals surface area contributed by atoms with Crippen LogP contribution >= 0.6 is 11.3 Å². The molecule has 2 heterocycles. The first-order valence-electron chi connectivity index (χ1n) is 9.36. The molecule has 144 valence electrons. The summed E-state index contributed by atoms with van der Waals surface area (Å²) in [6.07, 6.45) is 2.31. The molecule has 1 N–H and O–H groups in total. The number of aryl methyl sites for hydroxylation is 1. The van der Waals surface area contributed by atoms with Crippen LogP contribution in [0.25, 0.3) is 11.3 Å². The Kier molecular flexibility index (Phi) is 5.69. The average molecular weight is 394 g/mol. The molecule has 6 heteroatoms. The lowest BCUT2D eigenvalue weighted by Gasteiger charge is -2.12. The predicted molar refractivity (Wildman–Crippen MR) is 111 cm³/mol. The largest absolute Gasteiger partial charge is 0.491 e. The van der Waals surface area contributed by atoms with Crippen molar-refractivity contribution in [2.45, 2.75) is 25.9 Å². The number of benzene rings is 2. The van der Waals surface area contributed by atoms with Crippen LogP contribution in [0.4, 0.5) is 5.69 Å². The minimum Gasteiger partial charge on any atom is -0.491 e. The van der Waals surface area contributed by atoms with Crippen molar-refractivity contribution in [1.82, 2.24) is 4.98 Å². The van der Waals surface area contributed by atoms with Crippen LogP contribution in [-0.4, -0.2) is 30.2 Å². The van der Waals surface area contributed by atoms with Crippen molar-refractivity contribution in [3.8, 4) is 17.0 Å². The highest BCUT2D eigenvalue weighted by Crippen LogP contribution is 2.24. The second-order valence-electron chi connectivity index (χ2n) is 6.76. The van der Waals surface area contributed by atoms with Crippen LogP contribution in [-0.2, 0) is 4.74 Å². The lowest BCUT2D eigenvalue weighted by atomic mass is 10.1. The maximum absolute atomic E-state index is 12.6. The van der Waals surface area contributed by atoms with Gasteiger partial charge in [-0.2, -0.15) is 0 Å². The highest BCUT2D eigenvalue weighted by Gasteiger charge is 2.16. The van der Waals surface area contributed by atoms with E-state index < -0.39 is 0 Å². The Labute approximate surface area is 168 Å². The monoisotopic (exact) mass is 394 g/mol. The Morgan fingerprint density at radius 2 is 2.14 bits per heavy atom. The van der Waals surface area contributed by atoms with Crippen molar-refractivity contribution in [2.75, 3.05) is 18.5 Å². The molecule has 1 saturated heterocycles.